The first-order chi connectivity index (χ1) is 32.3. The van der Waals surface area contributed by atoms with E-state index < -0.39 is 151 Å². The molecule has 21 N–H and O–H groups in total. The summed E-state index contributed by atoms with van der Waals surface area (Å²) in [6, 6.07) is -11.8. The van der Waals surface area contributed by atoms with Crippen molar-refractivity contribution in [1.82, 2.24) is 42.5 Å². The summed E-state index contributed by atoms with van der Waals surface area (Å²) in [4.78, 5) is 152. The van der Waals surface area contributed by atoms with Gasteiger partial charge in [0.1, 0.15) is 42.3 Å². The Bertz CT molecular complexity index is 1790. The van der Waals surface area contributed by atoms with Crippen LogP contribution in [0.2, 0.25) is 0 Å². The second-order valence-corrected chi connectivity index (χ2v) is 17.2. The molecule has 0 aliphatic heterocycles. The van der Waals surface area contributed by atoms with E-state index in [0.717, 1.165) is 0 Å². The van der Waals surface area contributed by atoms with E-state index in [0.29, 0.717) is 5.75 Å². The monoisotopic (exact) mass is 1010 g/mol. The van der Waals surface area contributed by atoms with Gasteiger partial charge in [0, 0.05) is 12.8 Å². The zero-order chi connectivity index (χ0) is 53.0. The van der Waals surface area contributed by atoms with Crippen molar-refractivity contribution in [3.8, 4) is 0 Å². The zero-order valence-electron chi connectivity index (χ0n) is 39.2. The van der Waals surface area contributed by atoms with Crippen molar-refractivity contribution in [3.05, 3.63) is 0 Å². The van der Waals surface area contributed by atoms with Gasteiger partial charge < -0.3 is 86.5 Å². The van der Waals surface area contributed by atoms with Crippen LogP contribution in [0, 0.1) is 5.92 Å². The molecule has 0 saturated carbocycles. The maximum Gasteiger partial charge on any atom is 0.326 e. The van der Waals surface area contributed by atoms with Gasteiger partial charge in [0.2, 0.25) is 59.1 Å². The lowest BCUT2D eigenvalue weighted by Gasteiger charge is -2.29. The Balaban J connectivity index is 6.25. The zero-order valence-corrected chi connectivity index (χ0v) is 40.0. The molecule has 0 aromatic rings. The maximum absolute atomic E-state index is 13.8. The minimum atomic E-state index is -1.74. The van der Waals surface area contributed by atoms with Crippen LogP contribution in [0.25, 0.3) is 0 Å². The van der Waals surface area contributed by atoms with E-state index in [-0.39, 0.29) is 64.5 Å². The number of nitrogens with two attached hydrogens (primary N) is 5. The molecule has 0 aromatic carbocycles. The van der Waals surface area contributed by atoms with Gasteiger partial charge in [-0.3, -0.25) is 52.7 Å². The summed E-state index contributed by atoms with van der Waals surface area (Å²) in [5.41, 5.74) is 27.5. The molecule has 69 heavy (non-hydrogen) atoms. The number of nitrogens with one attached hydrogen (secondary N) is 8. The van der Waals surface area contributed by atoms with Crippen molar-refractivity contribution in [2.24, 2.45) is 34.6 Å². The molecular formula is C40H71N13O15S. The molecule has 9 atom stereocenters. The molecule has 0 fully saturated rings. The van der Waals surface area contributed by atoms with Crippen LogP contribution in [-0.4, -0.2) is 172 Å². The summed E-state index contributed by atoms with van der Waals surface area (Å²) in [6.45, 7) is 3.54. The quantitative estimate of drug-likeness (QED) is 0.0277. The van der Waals surface area contributed by atoms with Crippen molar-refractivity contribution >= 4 is 82.8 Å². The van der Waals surface area contributed by atoms with Gasteiger partial charge in [0.05, 0.1) is 25.1 Å². The summed E-state index contributed by atoms with van der Waals surface area (Å²) in [5, 5.41) is 47.7. The third kappa shape index (κ3) is 25.7. The Kier molecular flexibility index (Phi) is 30.4. The molecule has 0 aromatic heterocycles. The van der Waals surface area contributed by atoms with Crippen molar-refractivity contribution in [3.63, 3.8) is 0 Å². The summed E-state index contributed by atoms with van der Waals surface area (Å²) in [7, 11) is 0. The third-order valence-electron chi connectivity index (χ3n) is 9.99. The average Bonchev–Trinajstić information content (AvgIpc) is 3.26. The molecule has 392 valence electrons. The fourth-order valence-electron chi connectivity index (χ4n) is 6.11. The van der Waals surface area contributed by atoms with Gasteiger partial charge in [0.25, 0.3) is 0 Å². The minimum absolute atomic E-state index is 0.0424. The first-order valence-electron chi connectivity index (χ1n) is 22.0. The minimum Gasteiger partial charge on any atom is -0.481 e. The topological polar surface area (TPSA) is 492 Å². The molecule has 0 bridgehead atoms. The highest BCUT2D eigenvalue weighted by molar-refractivity contribution is 7.98. The molecule has 0 saturated heterocycles. The molecule has 0 radical (unpaired) electrons. The second kappa shape index (κ2) is 33.3. The number of aliphatic carboxylic acids is 2. The fraction of sp³-hybridized carbons (Fsp3) is 0.700. The number of carboxylic acids is 2. The van der Waals surface area contributed by atoms with Gasteiger partial charge in [-0.25, -0.2) is 4.79 Å². The predicted octanol–water partition coefficient (Wildman–Crippen LogP) is -6.82. The second-order valence-electron chi connectivity index (χ2n) is 16.2. The van der Waals surface area contributed by atoms with Crippen molar-refractivity contribution in [1.29, 1.82) is 0 Å². The number of thioether (sulfide) groups is 1. The van der Waals surface area contributed by atoms with E-state index in [1.807, 2.05) is 0 Å². The largest absolute Gasteiger partial charge is 0.481 e. The number of carbonyl (C=O) groups is 12. The molecule has 0 heterocycles. The molecule has 28 nitrogen and oxygen atoms in total. The Morgan fingerprint density at radius 2 is 1.01 bits per heavy atom. The highest BCUT2D eigenvalue weighted by Gasteiger charge is 2.36. The number of hydrogen-bond acceptors (Lipinski definition) is 17. The molecule has 0 aliphatic carbocycles. The number of amides is 10. The normalized spacial score (nSPS) is 14.9. The van der Waals surface area contributed by atoms with Gasteiger partial charge in [-0.05, 0) is 82.9 Å². The Morgan fingerprint density at radius 1 is 0.536 bits per heavy atom. The van der Waals surface area contributed by atoms with E-state index in [4.69, 9.17) is 33.8 Å². The van der Waals surface area contributed by atoms with Crippen LogP contribution in [0.1, 0.15) is 85.0 Å². The standard InChI is InChI=1S/C40H71N13O15S/c1-19(2)31(38(65)51-26(17-28(45)56)37(64)49-22(7-5-14-41)34(61)46-18-29(57)47-25(40(67)68)10-11-27(44)55)52-35(62)23(8-6-15-42)50-39(66)32(20(3)54)53-36(63)24(13-16-69-4)48-33(60)21(43)9-12-30(58)59/h19-26,31-32,54H,5-18,41-43H2,1-4H3,(H2,44,55)(H2,45,56)(H,46,61)(H,47,57)(H,48,60)(H,49,64)(H,50,66)(H,51,65)(H,52,62)(H,53,63)(H,58,59)(H,67,68)/t20-,21+,22+,23+,24+,25+,26+,31+,32+/m1/s1. The summed E-state index contributed by atoms with van der Waals surface area (Å²) < 4.78 is 0. The first kappa shape index (κ1) is 62.8. The van der Waals surface area contributed by atoms with Crippen molar-refractivity contribution in [2.75, 3.05) is 31.6 Å². The molecule has 0 spiro atoms. The SMILES string of the molecule is CSCC[C@H](NC(=O)[C@@H](N)CCC(=O)O)C(=O)N[C@H](C(=O)N[C@@H](CCCN)C(=O)N[C@H](C(=O)N[C@@H](CC(N)=O)C(=O)N[C@@H](CCCN)C(=O)NCC(=O)N[C@@H](CCC(N)=O)C(=O)O)C(C)C)[C@@H](C)O. The first-order valence-corrected chi connectivity index (χ1v) is 23.4. The van der Waals surface area contributed by atoms with Crippen LogP contribution < -0.4 is 71.2 Å². The summed E-state index contributed by atoms with van der Waals surface area (Å²) in [5.74, 6) is -12.6. The van der Waals surface area contributed by atoms with Crippen molar-refractivity contribution in [2.45, 2.75) is 139 Å². The summed E-state index contributed by atoms with van der Waals surface area (Å²) in [6.07, 6.45) is -1.82. The van der Waals surface area contributed by atoms with Gasteiger partial charge >= 0.3 is 11.9 Å². The van der Waals surface area contributed by atoms with Crippen LogP contribution in [0.3, 0.4) is 0 Å². The Hall–Kier alpha value is -6.17. The van der Waals surface area contributed by atoms with Gasteiger partial charge in [0.15, 0.2) is 0 Å². The summed E-state index contributed by atoms with van der Waals surface area (Å²) >= 11 is 1.33. The molecule has 29 heteroatoms. The number of aliphatic hydroxyl groups excluding tert-OH is 1. The number of hydrogen-bond donors (Lipinski definition) is 16. The number of primary amides is 2. The lowest BCUT2D eigenvalue weighted by Crippen LogP contribution is -2.62. The van der Waals surface area contributed by atoms with Crippen LogP contribution in [0.5, 0.6) is 0 Å². The van der Waals surface area contributed by atoms with Crippen LogP contribution in [-0.2, 0) is 57.5 Å². The van der Waals surface area contributed by atoms with Gasteiger partial charge in [-0.15, -0.1) is 0 Å². The number of carboxylic acid groups (broad SMARTS) is 2. The number of aliphatic hydroxyl groups is 1. The van der Waals surface area contributed by atoms with E-state index >= 15 is 0 Å². The van der Waals surface area contributed by atoms with E-state index in [1.165, 1.54) is 32.5 Å². The average molecular weight is 1010 g/mol. The Labute approximate surface area is 403 Å². The van der Waals surface area contributed by atoms with Crippen LogP contribution in [0.15, 0.2) is 0 Å². The third-order valence-corrected chi connectivity index (χ3v) is 10.6. The van der Waals surface area contributed by atoms with E-state index in [1.54, 1.807) is 6.26 Å². The molecule has 0 aliphatic rings. The molecular weight excluding hydrogens is 935 g/mol. The van der Waals surface area contributed by atoms with E-state index in [9.17, 15) is 67.7 Å². The van der Waals surface area contributed by atoms with E-state index in [2.05, 4.69) is 42.5 Å². The predicted molar refractivity (Wildman–Crippen MR) is 247 cm³/mol. The van der Waals surface area contributed by atoms with Gasteiger partial charge in [-0.2, -0.15) is 11.8 Å². The molecule has 0 unspecified atom stereocenters. The highest BCUT2D eigenvalue weighted by Crippen LogP contribution is 2.10. The number of carbonyl (C=O) groups excluding carboxylic acids is 10. The fourth-order valence-corrected chi connectivity index (χ4v) is 6.58. The smallest absolute Gasteiger partial charge is 0.326 e. The Morgan fingerprint density at radius 3 is 1.49 bits per heavy atom. The van der Waals surface area contributed by atoms with Crippen LogP contribution >= 0.6 is 11.8 Å². The van der Waals surface area contributed by atoms with Gasteiger partial charge in [-0.1, -0.05) is 13.8 Å². The van der Waals surface area contributed by atoms with Crippen LogP contribution in [0.4, 0.5) is 0 Å². The maximum atomic E-state index is 13.8. The van der Waals surface area contributed by atoms with Crippen molar-refractivity contribution < 1.29 is 72.9 Å². The number of rotatable bonds is 36. The lowest BCUT2D eigenvalue weighted by molar-refractivity contribution is -0.142. The molecule has 10 amide bonds. The lowest BCUT2D eigenvalue weighted by atomic mass is 10.0. The highest BCUT2D eigenvalue weighted by atomic mass is 32.2. The molecule has 0 rings (SSSR count).